The van der Waals surface area contributed by atoms with Crippen LogP contribution in [-0.2, 0) is 6.42 Å². The van der Waals surface area contributed by atoms with Crippen molar-refractivity contribution in [3.8, 4) is 10.7 Å². The van der Waals surface area contributed by atoms with Crippen molar-refractivity contribution >= 4 is 28.7 Å². The van der Waals surface area contributed by atoms with Gasteiger partial charge in [-0.15, -0.1) is 11.3 Å². The predicted octanol–water partition coefficient (Wildman–Crippen LogP) is 5.34. The first kappa shape index (κ1) is 17.9. The molecule has 0 radical (unpaired) electrons. The van der Waals surface area contributed by atoms with E-state index < -0.39 is 0 Å². The molecule has 140 valence electrons. The van der Waals surface area contributed by atoms with Gasteiger partial charge < -0.3 is 15.2 Å². The number of rotatable bonds is 5. The van der Waals surface area contributed by atoms with E-state index in [4.69, 9.17) is 4.52 Å². The molecule has 0 saturated carbocycles. The average molecular weight is 390 g/mol. The molecule has 4 aromatic rings. The van der Waals surface area contributed by atoms with Crippen molar-refractivity contribution in [3.05, 3.63) is 83.1 Å². The molecule has 28 heavy (non-hydrogen) atoms. The lowest BCUT2D eigenvalue weighted by atomic mass is 10.1. The van der Waals surface area contributed by atoms with Crippen LogP contribution in [0.3, 0.4) is 0 Å². The van der Waals surface area contributed by atoms with E-state index in [2.05, 4.69) is 20.8 Å². The summed E-state index contributed by atoms with van der Waals surface area (Å²) < 4.78 is 5.38. The lowest BCUT2D eigenvalue weighted by Gasteiger charge is -2.11. The van der Waals surface area contributed by atoms with Gasteiger partial charge in [-0.25, -0.2) is 4.79 Å². The Morgan fingerprint density at radius 3 is 2.79 bits per heavy atom. The van der Waals surface area contributed by atoms with E-state index >= 15 is 0 Å². The van der Waals surface area contributed by atoms with Gasteiger partial charge in [-0.2, -0.15) is 4.98 Å². The number of para-hydroxylation sites is 1. The molecular formula is C21H18N4O2S. The topological polar surface area (TPSA) is 80.0 Å². The molecule has 4 rings (SSSR count). The van der Waals surface area contributed by atoms with Crippen molar-refractivity contribution in [3.63, 3.8) is 0 Å². The summed E-state index contributed by atoms with van der Waals surface area (Å²) in [6.45, 7) is 1.98. The summed E-state index contributed by atoms with van der Waals surface area (Å²) in [5.41, 5.74) is 3.41. The zero-order chi connectivity index (χ0) is 19.3. The second kappa shape index (κ2) is 8.06. The Balaban J connectivity index is 1.47. The minimum Gasteiger partial charge on any atom is -0.339 e. The minimum atomic E-state index is -0.303. The van der Waals surface area contributed by atoms with Gasteiger partial charge in [0.05, 0.1) is 11.3 Å². The summed E-state index contributed by atoms with van der Waals surface area (Å²) in [5.74, 6) is 1.07. The first-order chi connectivity index (χ1) is 13.7. The van der Waals surface area contributed by atoms with Crippen molar-refractivity contribution < 1.29 is 9.32 Å². The van der Waals surface area contributed by atoms with Crippen molar-refractivity contribution in [2.75, 3.05) is 10.6 Å². The van der Waals surface area contributed by atoms with Crippen LogP contribution in [0.4, 0.5) is 16.2 Å². The van der Waals surface area contributed by atoms with Crippen LogP contribution in [-0.4, -0.2) is 16.2 Å². The van der Waals surface area contributed by atoms with Gasteiger partial charge in [0.15, 0.2) is 0 Å². The largest absolute Gasteiger partial charge is 0.339 e. The molecule has 0 aliphatic heterocycles. The van der Waals surface area contributed by atoms with E-state index in [0.29, 0.717) is 23.8 Å². The fourth-order valence-electron chi connectivity index (χ4n) is 2.80. The second-order valence-electron chi connectivity index (χ2n) is 6.27. The number of benzene rings is 2. The number of aromatic nitrogens is 2. The van der Waals surface area contributed by atoms with Gasteiger partial charge >= 0.3 is 6.03 Å². The van der Waals surface area contributed by atoms with Gasteiger partial charge in [0.25, 0.3) is 0 Å². The summed E-state index contributed by atoms with van der Waals surface area (Å²) in [6.07, 6.45) is 0.430. The normalized spacial score (nSPS) is 10.6. The molecule has 0 spiro atoms. The van der Waals surface area contributed by atoms with E-state index in [-0.39, 0.29) is 6.03 Å². The number of aryl methyl sites for hydroxylation is 1. The standard InChI is InChI=1S/C21H18N4O2S/c1-14-6-4-8-16(12-14)22-21(26)23-17-9-3-2-7-15(17)13-19-24-20(25-27-19)18-10-5-11-28-18/h2-12H,13H2,1H3,(H2,22,23,26). The molecule has 2 aromatic carbocycles. The number of amides is 2. The highest BCUT2D eigenvalue weighted by Crippen LogP contribution is 2.24. The molecule has 0 aliphatic carbocycles. The number of hydrogen-bond donors (Lipinski definition) is 2. The van der Waals surface area contributed by atoms with Crippen LogP contribution in [0.1, 0.15) is 17.0 Å². The number of urea groups is 1. The number of anilines is 2. The van der Waals surface area contributed by atoms with Crippen LogP contribution in [0.2, 0.25) is 0 Å². The van der Waals surface area contributed by atoms with Gasteiger partial charge in [-0.05, 0) is 47.7 Å². The monoisotopic (exact) mass is 390 g/mol. The van der Waals surface area contributed by atoms with Crippen LogP contribution < -0.4 is 10.6 Å². The van der Waals surface area contributed by atoms with Crippen molar-refractivity contribution in [2.24, 2.45) is 0 Å². The van der Waals surface area contributed by atoms with Gasteiger partial charge in [0.2, 0.25) is 11.7 Å². The molecule has 0 saturated heterocycles. The van der Waals surface area contributed by atoms with Crippen LogP contribution >= 0.6 is 11.3 Å². The maximum absolute atomic E-state index is 12.4. The zero-order valence-corrected chi connectivity index (χ0v) is 16.0. The Hall–Kier alpha value is -3.45. The third-order valence-corrected chi connectivity index (χ3v) is 4.96. The van der Waals surface area contributed by atoms with Crippen LogP contribution in [0.25, 0.3) is 10.7 Å². The third kappa shape index (κ3) is 4.27. The molecule has 0 unspecified atom stereocenters. The fourth-order valence-corrected chi connectivity index (χ4v) is 3.45. The van der Waals surface area contributed by atoms with Crippen LogP contribution in [0.15, 0.2) is 70.6 Å². The Morgan fingerprint density at radius 2 is 1.96 bits per heavy atom. The number of nitrogens with one attached hydrogen (secondary N) is 2. The first-order valence-corrected chi connectivity index (χ1v) is 9.64. The molecular weight excluding hydrogens is 372 g/mol. The molecule has 2 heterocycles. The summed E-state index contributed by atoms with van der Waals surface area (Å²) in [5, 5.41) is 11.7. The first-order valence-electron chi connectivity index (χ1n) is 8.76. The van der Waals surface area contributed by atoms with E-state index in [1.807, 2.05) is 73.0 Å². The van der Waals surface area contributed by atoms with E-state index in [9.17, 15) is 4.79 Å². The molecule has 7 heteroatoms. The Labute approximate surface area is 166 Å². The van der Waals surface area contributed by atoms with Gasteiger partial charge in [-0.3, -0.25) is 0 Å². The molecule has 0 fully saturated rings. The second-order valence-corrected chi connectivity index (χ2v) is 7.22. The highest BCUT2D eigenvalue weighted by atomic mass is 32.1. The number of hydrogen-bond acceptors (Lipinski definition) is 5. The molecule has 0 atom stereocenters. The minimum absolute atomic E-state index is 0.303. The quantitative estimate of drug-likeness (QED) is 0.482. The number of nitrogens with zero attached hydrogens (tertiary/aromatic N) is 2. The maximum atomic E-state index is 12.4. The molecule has 2 N–H and O–H groups in total. The lowest BCUT2D eigenvalue weighted by Crippen LogP contribution is -2.20. The van der Waals surface area contributed by atoms with Crippen LogP contribution in [0, 0.1) is 6.92 Å². The molecule has 2 amide bonds. The third-order valence-electron chi connectivity index (χ3n) is 4.09. The Morgan fingerprint density at radius 1 is 1.07 bits per heavy atom. The highest BCUT2D eigenvalue weighted by molar-refractivity contribution is 7.13. The average Bonchev–Trinajstić information content (AvgIpc) is 3.35. The van der Waals surface area contributed by atoms with Gasteiger partial charge in [-0.1, -0.05) is 41.6 Å². The summed E-state index contributed by atoms with van der Waals surface area (Å²) in [4.78, 5) is 17.8. The molecule has 2 aromatic heterocycles. The van der Waals surface area contributed by atoms with Gasteiger partial charge in [0.1, 0.15) is 0 Å². The molecule has 0 bridgehead atoms. The van der Waals surface area contributed by atoms with E-state index in [1.54, 1.807) is 11.3 Å². The number of carbonyl (C=O) groups is 1. The SMILES string of the molecule is Cc1cccc(NC(=O)Nc2ccccc2Cc2nc(-c3cccs3)no2)c1. The van der Waals surface area contributed by atoms with E-state index in [0.717, 1.165) is 21.7 Å². The van der Waals surface area contributed by atoms with Crippen LogP contribution in [0.5, 0.6) is 0 Å². The van der Waals surface area contributed by atoms with Crippen molar-refractivity contribution in [1.29, 1.82) is 0 Å². The fraction of sp³-hybridized carbons (Fsp3) is 0.0952. The summed E-state index contributed by atoms with van der Waals surface area (Å²) in [6, 6.07) is 18.8. The molecule has 6 nitrogen and oxygen atoms in total. The lowest BCUT2D eigenvalue weighted by molar-refractivity contribution is 0.262. The zero-order valence-electron chi connectivity index (χ0n) is 15.2. The van der Waals surface area contributed by atoms with E-state index in [1.165, 1.54) is 0 Å². The number of thiophene rings is 1. The summed E-state index contributed by atoms with van der Waals surface area (Å²) >= 11 is 1.56. The number of carbonyl (C=O) groups excluding carboxylic acids is 1. The summed E-state index contributed by atoms with van der Waals surface area (Å²) in [7, 11) is 0. The van der Waals surface area contributed by atoms with Crippen molar-refractivity contribution in [1.82, 2.24) is 10.1 Å². The van der Waals surface area contributed by atoms with Crippen molar-refractivity contribution in [2.45, 2.75) is 13.3 Å². The smallest absolute Gasteiger partial charge is 0.323 e. The predicted molar refractivity (Wildman–Crippen MR) is 111 cm³/mol. The van der Waals surface area contributed by atoms with Gasteiger partial charge in [0, 0.05) is 11.4 Å². The molecule has 0 aliphatic rings. The Bertz CT molecular complexity index is 1090. The highest BCUT2D eigenvalue weighted by Gasteiger charge is 2.13. The Kier molecular flexibility index (Phi) is 5.16. The maximum Gasteiger partial charge on any atom is 0.323 e.